The van der Waals surface area contributed by atoms with Crippen molar-refractivity contribution in [3.63, 3.8) is 0 Å². The van der Waals surface area contributed by atoms with Crippen molar-refractivity contribution < 1.29 is 4.79 Å². The Labute approximate surface area is 153 Å². The summed E-state index contributed by atoms with van der Waals surface area (Å²) in [6.45, 7) is 5.75. The number of hydrogen-bond acceptors (Lipinski definition) is 3. The van der Waals surface area contributed by atoms with Crippen LogP contribution in [-0.4, -0.2) is 86.0 Å². The van der Waals surface area contributed by atoms with E-state index in [2.05, 4.69) is 34.1 Å². The Balaban J connectivity index is 2.00. The van der Waals surface area contributed by atoms with E-state index in [0.717, 1.165) is 19.0 Å². The smallest absolute Gasteiger partial charge is 0.243 e. The topological polar surface area (TPSA) is 51.2 Å². The number of likely N-dealkylation sites (N-methyl/N-ethyl adjacent to an activating group) is 3. The summed E-state index contributed by atoms with van der Waals surface area (Å²) >= 11 is 0. The van der Waals surface area contributed by atoms with Gasteiger partial charge in [0.25, 0.3) is 0 Å². The van der Waals surface area contributed by atoms with Crippen molar-refractivity contribution in [1.82, 2.24) is 20.0 Å². The van der Waals surface area contributed by atoms with Crippen molar-refractivity contribution in [2.75, 3.05) is 47.3 Å². The van der Waals surface area contributed by atoms with E-state index in [4.69, 9.17) is 0 Å². The minimum atomic E-state index is 0.0485. The second-order valence-electron chi connectivity index (χ2n) is 7.71. The fourth-order valence-corrected chi connectivity index (χ4v) is 3.91. The summed E-state index contributed by atoms with van der Waals surface area (Å²) in [5, 5.41) is 3.64. The van der Waals surface area contributed by atoms with Crippen LogP contribution in [0.4, 0.5) is 0 Å². The Morgan fingerprint density at radius 3 is 2.48 bits per heavy atom. The lowest BCUT2D eigenvalue weighted by molar-refractivity contribution is -0.127. The van der Waals surface area contributed by atoms with Crippen molar-refractivity contribution in [3.05, 3.63) is 0 Å². The monoisotopic (exact) mass is 351 g/mol. The van der Waals surface area contributed by atoms with Crippen molar-refractivity contribution in [3.8, 4) is 0 Å². The maximum atomic E-state index is 12.0. The first-order valence-electron chi connectivity index (χ1n) is 9.97. The van der Waals surface area contributed by atoms with Gasteiger partial charge in [0.2, 0.25) is 5.91 Å². The zero-order valence-corrected chi connectivity index (χ0v) is 16.6. The van der Waals surface area contributed by atoms with E-state index in [9.17, 15) is 4.79 Å². The molecule has 1 saturated carbocycles. The fraction of sp³-hybridized carbons (Fsp3) is 0.895. The zero-order valence-electron chi connectivity index (χ0n) is 16.6. The van der Waals surface area contributed by atoms with Gasteiger partial charge in [0, 0.05) is 39.8 Å². The Hall–Kier alpha value is -1.30. The molecular formula is C19H37N5O. The molecule has 1 aliphatic heterocycles. The summed E-state index contributed by atoms with van der Waals surface area (Å²) in [4.78, 5) is 23.0. The third-order valence-electron chi connectivity index (χ3n) is 5.55. The third kappa shape index (κ3) is 6.17. The van der Waals surface area contributed by atoms with Gasteiger partial charge < -0.3 is 15.1 Å². The molecule has 1 amide bonds. The molecule has 25 heavy (non-hydrogen) atoms. The summed E-state index contributed by atoms with van der Waals surface area (Å²) in [6, 6.07) is 1.09. The van der Waals surface area contributed by atoms with Gasteiger partial charge in [-0.05, 0) is 38.8 Å². The van der Waals surface area contributed by atoms with Crippen LogP contribution in [0.3, 0.4) is 0 Å². The second-order valence-corrected chi connectivity index (χ2v) is 7.71. The summed E-state index contributed by atoms with van der Waals surface area (Å²) < 4.78 is 0. The molecule has 2 rings (SSSR count). The Bertz CT molecular complexity index is 445. The zero-order chi connectivity index (χ0) is 18.2. The van der Waals surface area contributed by atoms with E-state index in [1.807, 2.05) is 0 Å². The molecule has 1 saturated heterocycles. The maximum Gasteiger partial charge on any atom is 0.243 e. The highest BCUT2D eigenvalue weighted by molar-refractivity contribution is 5.84. The van der Waals surface area contributed by atoms with Gasteiger partial charge in [-0.25, -0.2) is 4.99 Å². The van der Waals surface area contributed by atoms with E-state index in [1.54, 1.807) is 19.0 Å². The summed E-state index contributed by atoms with van der Waals surface area (Å²) in [5.74, 6) is 0.942. The van der Waals surface area contributed by atoms with Crippen molar-refractivity contribution in [2.24, 2.45) is 4.99 Å². The lowest BCUT2D eigenvalue weighted by atomic mass is 9.96. The summed E-state index contributed by atoms with van der Waals surface area (Å²) in [6.07, 6.45) is 8.87. The number of amides is 1. The minimum absolute atomic E-state index is 0.0485. The van der Waals surface area contributed by atoms with Gasteiger partial charge in [0.15, 0.2) is 5.96 Å². The molecule has 0 aromatic carbocycles. The van der Waals surface area contributed by atoms with Crippen LogP contribution in [0, 0.1) is 0 Å². The number of hydrogen-bond donors (Lipinski definition) is 1. The lowest BCUT2D eigenvalue weighted by Crippen LogP contribution is -2.49. The number of likely N-dealkylation sites (tertiary alicyclic amines) is 1. The largest absolute Gasteiger partial charge is 0.354 e. The molecule has 6 heteroatoms. The Kier molecular flexibility index (Phi) is 8.00. The van der Waals surface area contributed by atoms with Gasteiger partial charge in [-0.1, -0.05) is 26.2 Å². The number of carbonyl (C=O) groups excluding carboxylic acids is 1. The van der Waals surface area contributed by atoms with E-state index >= 15 is 0 Å². The standard InChI is InChI=1S/C19H37N5O/c1-5-24-13-9-12-17(24)15-23(4)19(20-14-18(25)22(2)3)21-16-10-7-6-8-11-16/h16-17H,5-15H2,1-4H3,(H,20,21). The van der Waals surface area contributed by atoms with Gasteiger partial charge in [0.05, 0.1) is 0 Å². The highest BCUT2D eigenvalue weighted by Crippen LogP contribution is 2.19. The SMILES string of the molecule is CCN1CCCC1CN(C)C(=NCC(=O)N(C)C)NC1CCCCC1. The molecular weight excluding hydrogens is 314 g/mol. The van der Waals surface area contributed by atoms with Crippen LogP contribution in [0.5, 0.6) is 0 Å². The molecule has 0 aromatic rings. The second kappa shape index (κ2) is 10.00. The highest BCUT2D eigenvalue weighted by atomic mass is 16.2. The highest BCUT2D eigenvalue weighted by Gasteiger charge is 2.26. The van der Waals surface area contributed by atoms with Gasteiger partial charge >= 0.3 is 0 Å². The van der Waals surface area contributed by atoms with Crippen LogP contribution >= 0.6 is 0 Å². The first-order chi connectivity index (χ1) is 12.0. The molecule has 1 N–H and O–H groups in total. The van der Waals surface area contributed by atoms with E-state index in [-0.39, 0.29) is 12.5 Å². The number of carbonyl (C=O) groups is 1. The Morgan fingerprint density at radius 1 is 1.12 bits per heavy atom. The molecule has 2 fully saturated rings. The van der Waals surface area contributed by atoms with Crippen LogP contribution in [0.1, 0.15) is 51.9 Å². The van der Waals surface area contributed by atoms with Crippen LogP contribution < -0.4 is 5.32 Å². The predicted molar refractivity (Wildman–Crippen MR) is 104 cm³/mol. The van der Waals surface area contributed by atoms with Crippen molar-refractivity contribution >= 4 is 11.9 Å². The van der Waals surface area contributed by atoms with E-state index < -0.39 is 0 Å². The molecule has 1 unspecified atom stereocenters. The molecule has 0 aromatic heterocycles. The minimum Gasteiger partial charge on any atom is -0.354 e. The van der Waals surface area contributed by atoms with Gasteiger partial charge in [-0.2, -0.15) is 0 Å². The molecule has 0 spiro atoms. The molecule has 6 nitrogen and oxygen atoms in total. The average molecular weight is 352 g/mol. The normalized spacial score (nSPS) is 22.9. The number of guanidine groups is 1. The first kappa shape index (κ1) is 20.0. The molecule has 2 aliphatic rings. The van der Waals surface area contributed by atoms with Gasteiger partial charge in [-0.15, -0.1) is 0 Å². The fourth-order valence-electron chi connectivity index (χ4n) is 3.91. The number of nitrogens with zero attached hydrogens (tertiary/aromatic N) is 4. The average Bonchev–Trinajstić information content (AvgIpc) is 3.06. The third-order valence-corrected chi connectivity index (χ3v) is 5.55. The molecule has 1 aliphatic carbocycles. The van der Waals surface area contributed by atoms with Crippen LogP contribution in [-0.2, 0) is 4.79 Å². The maximum absolute atomic E-state index is 12.0. The molecule has 0 bridgehead atoms. The van der Waals surface area contributed by atoms with Crippen molar-refractivity contribution in [2.45, 2.75) is 64.0 Å². The number of rotatable bonds is 6. The van der Waals surface area contributed by atoms with Crippen LogP contribution in [0.15, 0.2) is 4.99 Å². The quantitative estimate of drug-likeness (QED) is 0.585. The molecule has 1 heterocycles. The number of nitrogens with one attached hydrogen (secondary N) is 1. The summed E-state index contributed by atoms with van der Waals surface area (Å²) in [7, 11) is 5.68. The molecule has 144 valence electrons. The Morgan fingerprint density at radius 2 is 1.84 bits per heavy atom. The lowest BCUT2D eigenvalue weighted by Gasteiger charge is -2.32. The van der Waals surface area contributed by atoms with Gasteiger partial charge in [0.1, 0.15) is 6.54 Å². The first-order valence-corrected chi connectivity index (χ1v) is 9.97. The predicted octanol–water partition coefficient (Wildman–Crippen LogP) is 1.77. The van der Waals surface area contributed by atoms with Crippen LogP contribution in [0.25, 0.3) is 0 Å². The summed E-state index contributed by atoms with van der Waals surface area (Å²) in [5.41, 5.74) is 0. The van der Waals surface area contributed by atoms with E-state index in [1.165, 1.54) is 51.5 Å². The van der Waals surface area contributed by atoms with Crippen molar-refractivity contribution in [1.29, 1.82) is 0 Å². The molecule has 0 radical (unpaired) electrons. The van der Waals surface area contributed by atoms with Crippen LogP contribution in [0.2, 0.25) is 0 Å². The van der Waals surface area contributed by atoms with Gasteiger partial charge in [-0.3, -0.25) is 9.69 Å². The molecule has 1 atom stereocenters. The van der Waals surface area contributed by atoms with E-state index in [0.29, 0.717) is 12.1 Å². The number of aliphatic imine (C=N–C) groups is 1.